The monoisotopic (exact) mass is 316 g/mol. The SMILES string of the molecule is CC(C)(CCc1ccccc1)NC(=O)c1ccc(N)cc1Cl. The molecule has 2 aromatic carbocycles. The van der Waals surface area contributed by atoms with Crippen molar-refractivity contribution >= 4 is 23.2 Å². The van der Waals surface area contributed by atoms with Gasteiger partial charge in [-0.2, -0.15) is 0 Å². The number of anilines is 1. The average Bonchev–Trinajstić information content (AvgIpc) is 2.45. The molecule has 4 heteroatoms. The molecule has 3 N–H and O–H groups in total. The van der Waals surface area contributed by atoms with Crippen LogP contribution in [0.2, 0.25) is 5.02 Å². The van der Waals surface area contributed by atoms with Crippen molar-refractivity contribution in [1.82, 2.24) is 5.32 Å². The summed E-state index contributed by atoms with van der Waals surface area (Å²) in [4.78, 5) is 12.4. The van der Waals surface area contributed by atoms with E-state index in [1.54, 1.807) is 18.2 Å². The minimum absolute atomic E-state index is 0.178. The van der Waals surface area contributed by atoms with Crippen molar-refractivity contribution in [1.29, 1.82) is 0 Å². The minimum atomic E-state index is -0.322. The van der Waals surface area contributed by atoms with Crippen LogP contribution in [0.25, 0.3) is 0 Å². The molecule has 0 aliphatic rings. The van der Waals surface area contributed by atoms with Crippen molar-refractivity contribution in [3.63, 3.8) is 0 Å². The number of carbonyl (C=O) groups excluding carboxylic acids is 1. The molecule has 0 fully saturated rings. The Bertz CT molecular complexity index is 653. The Hall–Kier alpha value is -2.00. The summed E-state index contributed by atoms with van der Waals surface area (Å²) >= 11 is 6.09. The van der Waals surface area contributed by atoms with Crippen LogP contribution in [-0.4, -0.2) is 11.4 Å². The predicted octanol–water partition coefficient (Wildman–Crippen LogP) is 4.06. The van der Waals surface area contributed by atoms with E-state index in [1.807, 2.05) is 32.0 Å². The van der Waals surface area contributed by atoms with Crippen LogP contribution in [0.4, 0.5) is 5.69 Å². The van der Waals surface area contributed by atoms with Gasteiger partial charge >= 0.3 is 0 Å². The topological polar surface area (TPSA) is 55.1 Å². The van der Waals surface area contributed by atoms with Crippen molar-refractivity contribution in [3.05, 3.63) is 64.7 Å². The molecule has 1 amide bonds. The van der Waals surface area contributed by atoms with Crippen LogP contribution < -0.4 is 11.1 Å². The third-order valence-electron chi connectivity index (χ3n) is 3.57. The highest BCUT2D eigenvalue weighted by atomic mass is 35.5. The van der Waals surface area contributed by atoms with Crippen LogP contribution in [0.5, 0.6) is 0 Å². The number of carbonyl (C=O) groups is 1. The Morgan fingerprint density at radius 2 is 1.86 bits per heavy atom. The molecule has 0 aliphatic carbocycles. The minimum Gasteiger partial charge on any atom is -0.399 e. The first kappa shape index (κ1) is 16.4. The fraction of sp³-hybridized carbons (Fsp3) is 0.278. The molecule has 0 radical (unpaired) electrons. The molecule has 116 valence electrons. The van der Waals surface area contributed by atoms with Gasteiger partial charge in [0.15, 0.2) is 0 Å². The lowest BCUT2D eigenvalue weighted by Gasteiger charge is -2.26. The average molecular weight is 317 g/mol. The Balaban J connectivity index is 2.00. The third-order valence-corrected chi connectivity index (χ3v) is 3.88. The van der Waals surface area contributed by atoms with Crippen molar-refractivity contribution in [3.8, 4) is 0 Å². The van der Waals surface area contributed by atoms with Gasteiger partial charge in [-0.25, -0.2) is 0 Å². The second-order valence-electron chi connectivity index (χ2n) is 6.06. The van der Waals surface area contributed by atoms with Gasteiger partial charge in [0.1, 0.15) is 0 Å². The van der Waals surface area contributed by atoms with E-state index in [1.165, 1.54) is 5.56 Å². The second-order valence-corrected chi connectivity index (χ2v) is 6.47. The smallest absolute Gasteiger partial charge is 0.253 e. The quantitative estimate of drug-likeness (QED) is 0.817. The summed E-state index contributed by atoms with van der Waals surface area (Å²) in [5, 5.41) is 3.41. The van der Waals surface area contributed by atoms with E-state index in [4.69, 9.17) is 17.3 Å². The maximum atomic E-state index is 12.4. The first-order chi connectivity index (χ1) is 10.4. The van der Waals surface area contributed by atoms with Crippen molar-refractivity contribution in [2.45, 2.75) is 32.2 Å². The van der Waals surface area contributed by atoms with Gasteiger partial charge in [0.2, 0.25) is 0 Å². The molecule has 2 aromatic rings. The van der Waals surface area contributed by atoms with Crippen LogP contribution in [0, 0.1) is 0 Å². The zero-order valence-electron chi connectivity index (χ0n) is 12.9. The van der Waals surface area contributed by atoms with E-state index >= 15 is 0 Å². The van der Waals surface area contributed by atoms with Crippen LogP contribution in [0.1, 0.15) is 36.2 Å². The maximum Gasteiger partial charge on any atom is 0.253 e. The molecule has 0 saturated heterocycles. The zero-order valence-corrected chi connectivity index (χ0v) is 13.7. The van der Waals surface area contributed by atoms with Gasteiger partial charge in [0.05, 0.1) is 10.6 Å². The van der Waals surface area contributed by atoms with E-state index in [-0.39, 0.29) is 11.4 Å². The lowest BCUT2D eigenvalue weighted by molar-refractivity contribution is 0.0909. The molecule has 0 heterocycles. The van der Waals surface area contributed by atoms with Crippen molar-refractivity contribution in [2.75, 3.05) is 5.73 Å². The van der Waals surface area contributed by atoms with Gasteiger partial charge in [0.25, 0.3) is 5.91 Å². The number of amides is 1. The largest absolute Gasteiger partial charge is 0.399 e. The molecule has 0 bridgehead atoms. The van der Waals surface area contributed by atoms with Crippen LogP contribution in [0.3, 0.4) is 0 Å². The number of halogens is 1. The van der Waals surface area contributed by atoms with Gasteiger partial charge < -0.3 is 11.1 Å². The third kappa shape index (κ3) is 4.50. The van der Waals surface area contributed by atoms with Crippen LogP contribution in [0.15, 0.2) is 48.5 Å². The normalized spacial score (nSPS) is 11.2. The summed E-state index contributed by atoms with van der Waals surface area (Å²) in [6.07, 6.45) is 1.75. The van der Waals surface area contributed by atoms with Crippen molar-refractivity contribution < 1.29 is 4.79 Å². The number of nitrogens with two attached hydrogens (primary N) is 1. The molecular weight excluding hydrogens is 296 g/mol. The summed E-state index contributed by atoms with van der Waals surface area (Å²) in [5.74, 6) is -0.178. The van der Waals surface area contributed by atoms with Crippen LogP contribution >= 0.6 is 11.6 Å². The van der Waals surface area contributed by atoms with Crippen molar-refractivity contribution in [2.24, 2.45) is 0 Å². The molecule has 0 aromatic heterocycles. The first-order valence-corrected chi connectivity index (χ1v) is 7.67. The first-order valence-electron chi connectivity index (χ1n) is 7.29. The van der Waals surface area contributed by atoms with E-state index in [2.05, 4.69) is 17.4 Å². The molecule has 0 atom stereocenters. The fourth-order valence-corrected chi connectivity index (χ4v) is 2.53. The summed E-state index contributed by atoms with van der Waals surface area (Å²) in [6.45, 7) is 4.03. The van der Waals surface area contributed by atoms with E-state index in [0.29, 0.717) is 16.3 Å². The maximum absolute atomic E-state index is 12.4. The fourth-order valence-electron chi connectivity index (χ4n) is 2.25. The predicted molar refractivity (Wildman–Crippen MR) is 92.2 cm³/mol. The number of nitrogens with one attached hydrogen (secondary N) is 1. The molecule has 0 saturated carbocycles. The standard InChI is InChI=1S/C18H21ClN2O/c1-18(2,11-10-13-6-4-3-5-7-13)21-17(22)15-9-8-14(20)12-16(15)19/h3-9,12H,10-11,20H2,1-2H3,(H,21,22). The Kier molecular flexibility index (Phi) is 5.09. The van der Waals surface area contributed by atoms with Gasteiger partial charge in [0, 0.05) is 11.2 Å². The lowest BCUT2D eigenvalue weighted by Crippen LogP contribution is -2.43. The molecule has 22 heavy (non-hydrogen) atoms. The van der Waals surface area contributed by atoms with E-state index in [9.17, 15) is 4.79 Å². The number of hydrogen-bond donors (Lipinski definition) is 2. The lowest BCUT2D eigenvalue weighted by atomic mass is 9.95. The summed E-state index contributed by atoms with van der Waals surface area (Å²) < 4.78 is 0. The second kappa shape index (κ2) is 6.84. The highest BCUT2D eigenvalue weighted by molar-refractivity contribution is 6.34. The van der Waals surface area contributed by atoms with Gasteiger partial charge in [-0.05, 0) is 50.5 Å². The molecule has 0 aliphatic heterocycles. The summed E-state index contributed by atoms with van der Waals surface area (Å²) in [7, 11) is 0. The number of nitrogen functional groups attached to an aromatic ring is 1. The van der Waals surface area contributed by atoms with Gasteiger partial charge in [-0.1, -0.05) is 41.9 Å². The number of aryl methyl sites for hydroxylation is 1. The van der Waals surface area contributed by atoms with Crippen LogP contribution in [-0.2, 0) is 6.42 Å². The number of rotatable bonds is 5. The molecule has 2 rings (SSSR count). The highest BCUT2D eigenvalue weighted by Crippen LogP contribution is 2.21. The molecule has 0 spiro atoms. The highest BCUT2D eigenvalue weighted by Gasteiger charge is 2.22. The molecule has 3 nitrogen and oxygen atoms in total. The number of hydrogen-bond acceptors (Lipinski definition) is 2. The molecule has 0 unspecified atom stereocenters. The van der Waals surface area contributed by atoms with E-state index < -0.39 is 0 Å². The summed E-state index contributed by atoms with van der Waals surface area (Å²) in [5.41, 5.74) is 7.58. The summed E-state index contributed by atoms with van der Waals surface area (Å²) in [6, 6.07) is 15.2. The Morgan fingerprint density at radius 3 is 2.50 bits per heavy atom. The van der Waals surface area contributed by atoms with Gasteiger partial charge in [-0.3, -0.25) is 4.79 Å². The zero-order chi connectivity index (χ0) is 16.2. The number of benzene rings is 2. The van der Waals surface area contributed by atoms with Gasteiger partial charge in [-0.15, -0.1) is 0 Å². The van der Waals surface area contributed by atoms with E-state index in [0.717, 1.165) is 12.8 Å². The Morgan fingerprint density at radius 1 is 1.18 bits per heavy atom. The molecular formula is C18H21ClN2O. The Labute approximate surface area is 136 Å².